The van der Waals surface area contributed by atoms with Gasteiger partial charge < -0.3 is 9.88 Å². The van der Waals surface area contributed by atoms with Crippen LogP contribution in [0.3, 0.4) is 0 Å². The van der Waals surface area contributed by atoms with Gasteiger partial charge in [0.25, 0.3) is 11.5 Å². The number of nitrogens with zero attached hydrogens (tertiary/aromatic N) is 3. The predicted molar refractivity (Wildman–Crippen MR) is 91.9 cm³/mol. The molecule has 8 heteroatoms. The number of aromatic amines is 1. The van der Waals surface area contributed by atoms with E-state index < -0.39 is 17.2 Å². The lowest BCUT2D eigenvalue weighted by Crippen LogP contribution is -2.36. The molecule has 2 heterocycles. The third-order valence-corrected chi connectivity index (χ3v) is 3.71. The Morgan fingerprint density at radius 2 is 1.96 bits per heavy atom. The summed E-state index contributed by atoms with van der Waals surface area (Å²) >= 11 is 0. The van der Waals surface area contributed by atoms with Gasteiger partial charge >= 0.3 is 5.69 Å². The topological polar surface area (TPSA) is 102 Å². The van der Waals surface area contributed by atoms with Crippen LogP contribution in [-0.4, -0.2) is 31.8 Å². The molecule has 2 aromatic heterocycles. The molecule has 0 spiro atoms. The van der Waals surface area contributed by atoms with Gasteiger partial charge in [-0.3, -0.25) is 14.6 Å². The molecule has 0 radical (unpaired) electrons. The lowest BCUT2D eigenvalue weighted by atomic mass is 10.2. The summed E-state index contributed by atoms with van der Waals surface area (Å²) in [5.41, 5.74) is 0.558. The number of aryl methyl sites for hydroxylation is 1. The maximum absolute atomic E-state index is 12.1. The van der Waals surface area contributed by atoms with E-state index in [1.807, 2.05) is 36.5 Å². The Kier molecular flexibility index (Phi) is 4.60. The van der Waals surface area contributed by atoms with Crippen LogP contribution < -0.4 is 16.6 Å². The van der Waals surface area contributed by atoms with Crippen molar-refractivity contribution < 1.29 is 4.79 Å². The van der Waals surface area contributed by atoms with E-state index in [2.05, 4.69) is 15.4 Å². The Hall–Kier alpha value is -3.42. The van der Waals surface area contributed by atoms with Crippen LogP contribution in [0, 0.1) is 0 Å². The smallest absolute Gasteiger partial charge is 0.328 e. The van der Waals surface area contributed by atoms with Gasteiger partial charge in [-0.15, -0.1) is 0 Å². The molecule has 2 N–H and O–H groups in total. The van der Waals surface area contributed by atoms with Gasteiger partial charge in [-0.2, -0.15) is 5.10 Å². The number of carbonyl (C=O) groups excluding carboxylic acids is 1. The monoisotopic (exact) mass is 339 g/mol. The van der Waals surface area contributed by atoms with E-state index >= 15 is 0 Å². The Balaban J connectivity index is 1.61. The molecule has 0 unspecified atom stereocenters. The summed E-state index contributed by atoms with van der Waals surface area (Å²) in [6, 6.07) is 9.70. The molecule has 0 bridgehead atoms. The number of benzene rings is 1. The zero-order valence-corrected chi connectivity index (χ0v) is 13.6. The SMILES string of the molecule is Cn1cc(C(=O)NCCc2cnn(-c3ccccc3)c2)c(=O)[nH]c1=O. The van der Waals surface area contributed by atoms with Gasteiger partial charge in [0, 0.05) is 26.0 Å². The number of amides is 1. The fourth-order valence-electron chi connectivity index (χ4n) is 2.35. The van der Waals surface area contributed by atoms with Crippen molar-refractivity contribution >= 4 is 5.91 Å². The molecular weight excluding hydrogens is 322 g/mol. The van der Waals surface area contributed by atoms with E-state index in [-0.39, 0.29) is 5.56 Å². The third-order valence-electron chi connectivity index (χ3n) is 3.71. The highest BCUT2D eigenvalue weighted by Gasteiger charge is 2.11. The maximum Gasteiger partial charge on any atom is 0.328 e. The zero-order valence-electron chi connectivity index (χ0n) is 13.6. The number of hydrogen-bond donors (Lipinski definition) is 2. The second-order valence-corrected chi connectivity index (χ2v) is 5.55. The predicted octanol–water partition coefficient (Wildman–Crippen LogP) is 0.232. The molecule has 0 fully saturated rings. The maximum atomic E-state index is 12.1. The highest BCUT2D eigenvalue weighted by atomic mass is 16.2. The zero-order chi connectivity index (χ0) is 17.8. The van der Waals surface area contributed by atoms with Crippen molar-refractivity contribution in [1.29, 1.82) is 0 Å². The number of nitrogens with one attached hydrogen (secondary N) is 2. The quantitative estimate of drug-likeness (QED) is 0.695. The van der Waals surface area contributed by atoms with Gasteiger partial charge in [-0.25, -0.2) is 9.48 Å². The van der Waals surface area contributed by atoms with Crippen molar-refractivity contribution in [2.75, 3.05) is 6.54 Å². The Labute approximate surface area is 142 Å². The van der Waals surface area contributed by atoms with Crippen LogP contribution in [0.1, 0.15) is 15.9 Å². The first-order valence-corrected chi connectivity index (χ1v) is 7.72. The van der Waals surface area contributed by atoms with Crippen molar-refractivity contribution in [3.05, 3.63) is 80.9 Å². The summed E-state index contributed by atoms with van der Waals surface area (Å²) in [5, 5.41) is 6.96. The molecule has 0 aliphatic heterocycles. The van der Waals surface area contributed by atoms with Crippen LogP contribution in [-0.2, 0) is 13.5 Å². The molecule has 1 aromatic carbocycles. The fourth-order valence-corrected chi connectivity index (χ4v) is 2.35. The molecule has 3 rings (SSSR count). The van der Waals surface area contributed by atoms with Crippen molar-refractivity contribution in [1.82, 2.24) is 24.6 Å². The van der Waals surface area contributed by atoms with Gasteiger partial charge in [-0.05, 0) is 24.1 Å². The summed E-state index contributed by atoms with van der Waals surface area (Å²) in [6.07, 6.45) is 5.42. The average Bonchev–Trinajstić information content (AvgIpc) is 3.08. The minimum Gasteiger partial charge on any atom is -0.351 e. The first kappa shape index (κ1) is 16.4. The molecule has 0 atom stereocenters. The highest BCUT2D eigenvalue weighted by molar-refractivity contribution is 5.93. The molecule has 8 nitrogen and oxygen atoms in total. The molecule has 0 saturated carbocycles. The van der Waals surface area contributed by atoms with Crippen LogP contribution in [0.2, 0.25) is 0 Å². The van der Waals surface area contributed by atoms with Crippen LogP contribution in [0.15, 0.2) is 58.5 Å². The first-order valence-electron chi connectivity index (χ1n) is 7.72. The highest BCUT2D eigenvalue weighted by Crippen LogP contribution is 2.07. The summed E-state index contributed by atoms with van der Waals surface area (Å²) in [7, 11) is 1.47. The summed E-state index contributed by atoms with van der Waals surface area (Å²) < 4.78 is 2.91. The molecular formula is C17H17N5O3. The standard InChI is InChI=1S/C17H17N5O3/c1-21-11-14(16(24)20-17(21)25)15(23)18-8-7-12-9-19-22(10-12)13-5-3-2-4-6-13/h2-6,9-11H,7-8H2,1H3,(H,18,23)(H,20,24,25). The van der Waals surface area contributed by atoms with Crippen molar-refractivity contribution in [2.45, 2.75) is 6.42 Å². The Morgan fingerprint density at radius 3 is 2.72 bits per heavy atom. The normalized spacial score (nSPS) is 10.6. The van der Waals surface area contributed by atoms with Gasteiger partial charge in [0.1, 0.15) is 5.56 Å². The van der Waals surface area contributed by atoms with Crippen LogP contribution in [0.5, 0.6) is 0 Å². The minimum absolute atomic E-state index is 0.0953. The van der Waals surface area contributed by atoms with E-state index in [1.165, 1.54) is 13.2 Å². The van der Waals surface area contributed by atoms with Gasteiger partial charge in [0.2, 0.25) is 0 Å². The second kappa shape index (κ2) is 7.00. The molecule has 0 saturated heterocycles. The van der Waals surface area contributed by atoms with Gasteiger partial charge in [0.15, 0.2) is 0 Å². The van der Waals surface area contributed by atoms with Gasteiger partial charge in [-0.1, -0.05) is 18.2 Å². The number of para-hydroxylation sites is 1. The number of carbonyl (C=O) groups is 1. The number of H-pyrrole nitrogens is 1. The van der Waals surface area contributed by atoms with E-state index in [0.29, 0.717) is 13.0 Å². The molecule has 25 heavy (non-hydrogen) atoms. The van der Waals surface area contributed by atoms with E-state index in [4.69, 9.17) is 0 Å². The van der Waals surface area contributed by atoms with Crippen LogP contribution in [0.25, 0.3) is 5.69 Å². The van der Waals surface area contributed by atoms with Crippen LogP contribution >= 0.6 is 0 Å². The molecule has 0 aliphatic rings. The minimum atomic E-state index is -0.697. The number of aromatic nitrogens is 4. The largest absolute Gasteiger partial charge is 0.351 e. The number of rotatable bonds is 5. The average molecular weight is 339 g/mol. The lowest BCUT2D eigenvalue weighted by molar-refractivity contribution is 0.0951. The van der Waals surface area contributed by atoms with Crippen molar-refractivity contribution in [3.8, 4) is 5.69 Å². The molecule has 1 amide bonds. The van der Waals surface area contributed by atoms with E-state index in [0.717, 1.165) is 15.8 Å². The molecule has 0 aliphatic carbocycles. The summed E-state index contributed by atoms with van der Waals surface area (Å²) in [4.78, 5) is 37.2. The van der Waals surface area contributed by atoms with Crippen molar-refractivity contribution in [2.24, 2.45) is 7.05 Å². The second-order valence-electron chi connectivity index (χ2n) is 5.55. The molecule has 128 valence electrons. The third kappa shape index (κ3) is 3.74. The van der Waals surface area contributed by atoms with E-state index in [9.17, 15) is 14.4 Å². The van der Waals surface area contributed by atoms with E-state index in [1.54, 1.807) is 10.9 Å². The summed E-state index contributed by atoms with van der Waals surface area (Å²) in [6.45, 7) is 0.349. The van der Waals surface area contributed by atoms with Gasteiger partial charge in [0.05, 0.1) is 11.9 Å². The molecule has 3 aromatic rings. The lowest BCUT2D eigenvalue weighted by Gasteiger charge is -2.05. The first-order chi connectivity index (χ1) is 12.0. The van der Waals surface area contributed by atoms with Crippen molar-refractivity contribution in [3.63, 3.8) is 0 Å². The Bertz CT molecular complexity index is 1000. The summed E-state index contributed by atoms with van der Waals surface area (Å²) in [5.74, 6) is -0.521. The Morgan fingerprint density at radius 1 is 1.20 bits per heavy atom. The van der Waals surface area contributed by atoms with Crippen LogP contribution in [0.4, 0.5) is 0 Å². The fraction of sp³-hybridized carbons (Fsp3) is 0.176. The number of hydrogen-bond acceptors (Lipinski definition) is 4.